The second-order valence-corrected chi connectivity index (χ2v) is 13.2. The van der Waals surface area contributed by atoms with Gasteiger partial charge in [-0.15, -0.1) is 0 Å². The van der Waals surface area contributed by atoms with Crippen LogP contribution >= 0.6 is 0 Å². The van der Waals surface area contributed by atoms with Gasteiger partial charge >= 0.3 is 0 Å². The topological polar surface area (TPSA) is 38.0 Å². The lowest BCUT2D eigenvalue weighted by molar-refractivity contribution is 0.796. The predicted molar refractivity (Wildman–Crippen MR) is 208 cm³/mol. The maximum Gasteiger partial charge on any atom is 0.0726 e. The Hall–Kier alpha value is -6.12. The van der Waals surface area contributed by atoms with Crippen LogP contribution in [0.15, 0.2) is 164 Å². The van der Waals surface area contributed by atoms with E-state index in [4.69, 9.17) is 5.73 Å². The van der Waals surface area contributed by atoms with E-state index in [0.717, 1.165) is 11.4 Å². The van der Waals surface area contributed by atoms with Crippen molar-refractivity contribution < 1.29 is 0 Å². The first-order valence-electron chi connectivity index (χ1n) is 17.0. The van der Waals surface area contributed by atoms with Gasteiger partial charge < -0.3 is 11.1 Å². The fourth-order valence-corrected chi connectivity index (χ4v) is 8.46. The molecule has 0 aliphatic heterocycles. The molecular weight excluding hydrogens is 593 g/mol. The summed E-state index contributed by atoms with van der Waals surface area (Å²) in [4.78, 5) is 0. The first-order chi connectivity index (χ1) is 24.1. The van der Waals surface area contributed by atoms with Gasteiger partial charge in [0.25, 0.3) is 0 Å². The van der Waals surface area contributed by atoms with Gasteiger partial charge in [-0.05, 0) is 114 Å². The maximum atomic E-state index is 5.57. The summed E-state index contributed by atoms with van der Waals surface area (Å²) in [5, 5.41) is 8.18. The zero-order chi connectivity index (χ0) is 33.1. The molecule has 0 unspecified atom stereocenters. The highest BCUT2D eigenvalue weighted by atomic mass is 14.8. The van der Waals surface area contributed by atoms with Gasteiger partial charge in [-0.25, -0.2) is 0 Å². The largest absolute Gasteiger partial charge is 0.397 e. The molecule has 8 aromatic carbocycles. The third-order valence-corrected chi connectivity index (χ3v) is 10.5. The third-order valence-electron chi connectivity index (χ3n) is 10.5. The van der Waals surface area contributed by atoms with E-state index >= 15 is 0 Å². The lowest BCUT2D eigenvalue weighted by Crippen LogP contribution is -2.26. The Bertz CT molecular complexity index is 2530. The van der Waals surface area contributed by atoms with Gasteiger partial charge in [0.05, 0.1) is 16.8 Å². The molecule has 49 heavy (non-hydrogen) atoms. The molecule has 2 aliphatic rings. The summed E-state index contributed by atoms with van der Waals surface area (Å²) in [6.07, 6.45) is 0. The summed E-state index contributed by atoms with van der Waals surface area (Å²) in [6, 6.07) is 60.1. The number of anilines is 2. The summed E-state index contributed by atoms with van der Waals surface area (Å²) < 4.78 is 0. The Balaban J connectivity index is 0.000000317. The van der Waals surface area contributed by atoms with Gasteiger partial charge in [-0.3, -0.25) is 0 Å². The van der Waals surface area contributed by atoms with Crippen molar-refractivity contribution in [3.05, 3.63) is 192 Å². The summed E-state index contributed by atoms with van der Waals surface area (Å²) in [5.41, 5.74) is 21.8. The molecule has 2 aliphatic carbocycles. The minimum atomic E-state index is -0.371. The summed E-state index contributed by atoms with van der Waals surface area (Å²) in [6.45, 7) is 2.19. The molecule has 0 saturated carbocycles. The lowest BCUT2D eigenvalue weighted by atomic mass is 9.69. The van der Waals surface area contributed by atoms with Crippen molar-refractivity contribution in [1.29, 1.82) is 0 Å². The zero-order valence-electron chi connectivity index (χ0n) is 27.7. The smallest absolute Gasteiger partial charge is 0.0726 e. The molecule has 2 heteroatoms. The number of benzene rings is 8. The molecule has 0 fully saturated rings. The van der Waals surface area contributed by atoms with Gasteiger partial charge in [-0.2, -0.15) is 0 Å². The Morgan fingerprint density at radius 2 is 1.08 bits per heavy atom. The Labute approximate surface area is 287 Å². The molecule has 234 valence electrons. The van der Waals surface area contributed by atoms with E-state index in [-0.39, 0.29) is 5.41 Å². The summed E-state index contributed by atoms with van der Waals surface area (Å²) in [5.74, 6) is 0. The van der Waals surface area contributed by atoms with E-state index in [1.807, 2.05) is 31.3 Å². The van der Waals surface area contributed by atoms with Crippen LogP contribution in [0.1, 0.15) is 27.8 Å². The van der Waals surface area contributed by atoms with Crippen LogP contribution in [-0.4, -0.2) is 7.05 Å². The van der Waals surface area contributed by atoms with Crippen molar-refractivity contribution in [3.63, 3.8) is 0 Å². The van der Waals surface area contributed by atoms with Crippen LogP contribution in [0.4, 0.5) is 11.4 Å². The minimum absolute atomic E-state index is 0.371. The number of nitrogens with one attached hydrogen (secondary N) is 1. The molecule has 8 aromatic rings. The van der Waals surface area contributed by atoms with E-state index in [2.05, 4.69) is 152 Å². The van der Waals surface area contributed by atoms with Gasteiger partial charge in [0.15, 0.2) is 0 Å². The van der Waals surface area contributed by atoms with E-state index in [9.17, 15) is 0 Å². The Morgan fingerprint density at radius 1 is 0.469 bits per heavy atom. The molecule has 10 rings (SSSR count). The van der Waals surface area contributed by atoms with Gasteiger partial charge in [0.2, 0.25) is 0 Å². The van der Waals surface area contributed by atoms with Crippen LogP contribution in [0.2, 0.25) is 0 Å². The molecular formula is C47H36N2. The second-order valence-electron chi connectivity index (χ2n) is 13.2. The SMILES string of the molecule is CNc1ccccc1N.Cc1cccc(-c2cc3c(c4ccccc24)-c2cc4ccccc4cc2C32c3ccccc3-c3ccccc32)c1. The maximum absolute atomic E-state index is 5.57. The summed E-state index contributed by atoms with van der Waals surface area (Å²) in [7, 11) is 1.85. The van der Waals surface area contributed by atoms with E-state index in [1.165, 1.54) is 82.7 Å². The van der Waals surface area contributed by atoms with Crippen molar-refractivity contribution >= 4 is 32.9 Å². The monoisotopic (exact) mass is 628 g/mol. The molecule has 0 radical (unpaired) electrons. The average Bonchev–Trinajstić information content (AvgIpc) is 3.61. The van der Waals surface area contributed by atoms with Crippen LogP contribution in [0, 0.1) is 6.92 Å². The van der Waals surface area contributed by atoms with Gasteiger partial charge in [0, 0.05) is 7.05 Å². The molecule has 0 amide bonds. The van der Waals surface area contributed by atoms with E-state index in [1.54, 1.807) is 0 Å². The Kier molecular flexibility index (Phi) is 6.67. The quantitative estimate of drug-likeness (QED) is 0.187. The van der Waals surface area contributed by atoms with Crippen LogP contribution in [0.3, 0.4) is 0 Å². The number of nitrogens with two attached hydrogens (primary N) is 1. The number of para-hydroxylation sites is 2. The molecule has 1 spiro atoms. The first kappa shape index (κ1) is 29.1. The van der Waals surface area contributed by atoms with Crippen molar-refractivity contribution in [2.45, 2.75) is 12.3 Å². The van der Waals surface area contributed by atoms with Gasteiger partial charge in [-0.1, -0.05) is 139 Å². The third kappa shape index (κ3) is 4.27. The van der Waals surface area contributed by atoms with Crippen LogP contribution in [-0.2, 0) is 5.41 Å². The highest BCUT2D eigenvalue weighted by molar-refractivity contribution is 6.12. The number of aryl methyl sites for hydroxylation is 1. The molecule has 0 bridgehead atoms. The Morgan fingerprint density at radius 3 is 1.76 bits per heavy atom. The normalized spacial score (nSPS) is 12.9. The van der Waals surface area contributed by atoms with E-state index in [0.29, 0.717) is 0 Å². The molecule has 3 N–H and O–H groups in total. The molecule has 0 heterocycles. The minimum Gasteiger partial charge on any atom is -0.397 e. The molecule has 0 aromatic heterocycles. The highest BCUT2D eigenvalue weighted by Gasteiger charge is 2.52. The number of rotatable bonds is 2. The lowest BCUT2D eigenvalue weighted by Gasteiger charge is -2.31. The van der Waals surface area contributed by atoms with Crippen LogP contribution < -0.4 is 11.1 Å². The van der Waals surface area contributed by atoms with Gasteiger partial charge in [0.1, 0.15) is 0 Å². The fourth-order valence-electron chi connectivity index (χ4n) is 8.46. The number of hydrogen-bond donors (Lipinski definition) is 2. The van der Waals surface area contributed by atoms with Crippen molar-refractivity contribution in [1.82, 2.24) is 0 Å². The molecule has 0 saturated heterocycles. The predicted octanol–water partition coefficient (Wildman–Crippen LogP) is 11.6. The highest BCUT2D eigenvalue weighted by Crippen LogP contribution is 2.64. The van der Waals surface area contributed by atoms with Crippen molar-refractivity contribution in [3.8, 4) is 33.4 Å². The van der Waals surface area contributed by atoms with Crippen LogP contribution in [0.25, 0.3) is 54.9 Å². The standard InChI is InChI=1S/C40H26.C7H10N2/c1-25-11-10-14-28(21-25)33-24-38-39(32-18-5-4-15-29(32)33)34-22-26-12-2-3-13-27(26)23-37(34)40(38)35-19-8-6-16-30(35)31-17-7-9-20-36(31)40;1-9-7-5-3-2-4-6(7)8/h2-24H,1H3;2-5,9H,8H2,1H3. The number of nitrogen functional groups attached to an aromatic ring is 1. The first-order valence-corrected chi connectivity index (χ1v) is 17.0. The van der Waals surface area contributed by atoms with Crippen LogP contribution in [0.5, 0.6) is 0 Å². The zero-order valence-corrected chi connectivity index (χ0v) is 27.7. The molecule has 2 nitrogen and oxygen atoms in total. The van der Waals surface area contributed by atoms with Crippen molar-refractivity contribution in [2.75, 3.05) is 18.1 Å². The molecule has 0 atom stereocenters. The van der Waals surface area contributed by atoms with E-state index < -0.39 is 0 Å². The number of hydrogen-bond acceptors (Lipinski definition) is 2. The fraction of sp³-hybridized carbons (Fsp3) is 0.0638. The average molecular weight is 629 g/mol. The second kappa shape index (κ2) is 11.2. The number of fused-ring (bicyclic) bond motifs is 13. The summed E-state index contributed by atoms with van der Waals surface area (Å²) >= 11 is 0. The van der Waals surface area contributed by atoms with Crippen molar-refractivity contribution in [2.24, 2.45) is 0 Å².